The Balaban J connectivity index is 3.15. The third-order valence-corrected chi connectivity index (χ3v) is 4.49. The van der Waals surface area contributed by atoms with Gasteiger partial charge in [0.25, 0.3) is 0 Å². The molecule has 1 aromatic carbocycles. The van der Waals surface area contributed by atoms with Gasteiger partial charge < -0.3 is 9.84 Å². The molecular formula is C16H26O2. The molecule has 102 valence electrons. The molecule has 0 amide bonds. The summed E-state index contributed by atoms with van der Waals surface area (Å²) in [6.45, 7) is 11.7. The van der Waals surface area contributed by atoms with E-state index in [2.05, 4.69) is 46.8 Å². The highest BCUT2D eigenvalue weighted by Gasteiger charge is 2.38. The summed E-state index contributed by atoms with van der Waals surface area (Å²) in [4.78, 5) is 0. The lowest BCUT2D eigenvalue weighted by Crippen LogP contribution is -2.36. The van der Waals surface area contributed by atoms with E-state index in [1.54, 1.807) is 0 Å². The Hall–Kier alpha value is -1.02. The molecule has 0 saturated carbocycles. The third-order valence-electron chi connectivity index (χ3n) is 4.49. The summed E-state index contributed by atoms with van der Waals surface area (Å²) < 4.78 is 5.66. The first-order valence-electron chi connectivity index (χ1n) is 6.70. The highest BCUT2D eigenvalue weighted by atomic mass is 16.5. The van der Waals surface area contributed by atoms with Crippen LogP contribution in [0.4, 0.5) is 0 Å². The second-order valence-corrected chi connectivity index (χ2v) is 5.93. The van der Waals surface area contributed by atoms with Gasteiger partial charge in [-0.05, 0) is 16.9 Å². The molecule has 0 bridgehead atoms. The van der Waals surface area contributed by atoms with Gasteiger partial charge in [0.2, 0.25) is 0 Å². The number of para-hydroxylation sites is 1. The Morgan fingerprint density at radius 2 is 1.72 bits per heavy atom. The molecule has 0 fully saturated rings. The van der Waals surface area contributed by atoms with E-state index in [1.165, 1.54) is 5.56 Å². The maximum absolute atomic E-state index is 8.90. The van der Waals surface area contributed by atoms with E-state index in [-0.39, 0.29) is 17.4 Å². The lowest BCUT2D eigenvalue weighted by molar-refractivity contribution is 0.171. The van der Waals surface area contributed by atoms with Crippen LogP contribution in [0.15, 0.2) is 24.3 Å². The Morgan fingerprint density at radius 3 is 2.28 bits per heavy atom. The van der Waals surface area contributed by atoms with Gasteiger partial charge in [-0.2, -0.15) is 0 Å². The van der Waals surface area contributed by atoms with Crippen LogP contribution in [0, 0.1) is 5.41 Å². The molecule has 2 heteroatoms. The zero-order valence-corrected chi connectivity index (χ0v) is 12.3. The van der Waals surface area contributed by atoms with Crippen LogP contribution >= 0.6 is 0 Å². The average molecular weight is 250 g/mol. The van der Waals surface area contributed by atoms with E-state index in [0.717, 1.165) is 12.2 Å². The lowest BCUT2D eigenvalue weighted by Gasteiger charge is -2.42. The molecule has 1 rings (SSSR count). The molecule has 0 spiro atoms. The van der Waals surface area contributed by atoms with E-state index < -0.39 is 0 Å². The number of aliphatic hydroxyl groups excluding tert-OH is 1. The van der Waals surface area contributed by atoms with Crippen molar-refractivity contribution in [2.45, 2.75) is 46.5 Å². The van der Waals surface area contributed by atoms with Gasteiger partial charge in [0.15, 0.2) is 0 Å². The van der Waals surface area contributed by atoms with Crippen molar-refractivity contribution >= 4 is 0 Å². The van der Waals surface area contributed by atoms with Crippen LogP contribution in [0.5, 0.6) is 5.75 Å². The molecule has 1 aromatic rings. The first kappa shape index (κ1) is 15.0. The quantitative estimate of drug-likeness (QED) is 0.832. The molecular weight excluding hydrogens is 224 g/mol. The Morgan fingerprint density at radius 1 is 1.11 bits per heavy atom. The van der Waals surface area contributed by atoms with E-state index >= 15 is 0 Å². The maximum atomic E-state index is 8.90. The van der Waals surface area contributed by atoms with Crippen LogP contribution < -0.4 is 4.74 Å². The van der Waals surface area contributed by atoms with Crippen molar-refractivity contribution in [1.29, 1.82) is 0 Å². The van der Waals surface area contributed by atoms with Gasteiger partial charge in [-0.25, -0.2) is 0 Å². The van der Waals surface area contributed by atoms with Crippen molar-refractivity contribution in [2.75, 3.05) is 13.2 Å². The van der Waals surface area contributed by atoms with Gasteiger partial charge in [0, 0.05) is 5.56 Å². The summed E-state index contributed by atoms with van der Waals surface area (Å²) in [6, 6.07) is 8.14. The van der Waals surface area contributed by atoms with Gasteiger partial charge in [0.1, 0.15) is 12.4 Å². The van der Waals surface area contributed by atoms with Gasteiger partial charge >= 0.3 is 0 Å². The average Bonchev–Trinajstić information content (AvgIpc) is 2.36. The van der Waals surface area contributed by atoms with Crippen LogP contribution in [0.3, 0.4) is 0 Å². The lowest BCUT2D eigenvalue weighted by atomic mass is 9.63. The van der Waals surface area contributed by atoms with Crippen molar-refractivity contribution in [2.24, 2.45) is 5.41 Å². The highest BCUT2D eigenvalue weighted by molar-refractivity contribution is 5.40. The number of benzene rings is 1. The molecule has 0 aliphatic heterocycles. The molecule has 0 saturated heterocycles. The predicted octanol–water partition coefficient (Wildman–Crippen LogP) is 3.77. The van der Waals surface area contributed by atoms with E-state index in [1.807, 2.05) is 12.1 Å². The third kappa shape index (κ3) is 2.86. The van der Waals surface area contributed by atoms with Crippen molar-refractivity contribution in [3.8, 4) is 5.75 Å². The zero-order chi connectivity index (χ0) is 13.8. The van der Waals surface area contributed by atoms with Crippen LogP contribution in [0.1, 0.15) is 46.6 Å². The van der Waals surface area contributed by atoms with Gasteiger partial charge in [-0.3, -0.25) is 0 Å². The monoisotopic (exact) mass is 250 g/mol. The fourth-order valence-corrected chi connectivity index (χ4v) is 2.07. The second-order valence-electron chi connectivity index (χ2n) is 5.93. The fourth-order valence-electron chi connectivity index (χ4n) is 2.07. The van der Waals surface area contributed by atoms with Crippen LogP contribution in [0.2, 0.25) is 0 Å². The van der Waals surface area contributed by atoms with E-state index in [9.17, 15) is 0 Å². The molecule has 0 heterocycles. The summed E-state index contributed by atoms with van der Waals surface area (Å²) in [5.41, 5.74) is 1.42. The minimum absolute atomic E-state index is 0.0216. The van der Waals surface area contributed by atoms with Crippen molar-refractivity contribution < 1.29 is 9.84 Å². The first-order chi connectivity index (χ1) is 8.36. The zero-order valence-electron chi connectivity index (χ0n) is 12.3. The number of hydrogen-bond donors (Lipinski definition) is 1. The second kappa shape index (κ2) is 5.75. The van der Waals surface area contributed by atoms with Gasteiger partial charge in [-0.1, -0.05) is 59.2 Å². The van der Waals surface area contributed by atoms with Crippen molar-refractivity contribution in [3.63, 3.8) is 0 Å². The molecule has 0 aliphatic rings. The fraction of sp³-hybridized carbons (Fsp3) is 0.625. The number of ether oxygens (including phenoxy) is 1. The Kier molecular flexibility index (Phi) is 4.80. The molecule has 0 unspecified atom stereocenters. The molecule has 0 radical (unpaired) electrons. The van der Waals surface area contributed by atoms with Crippen molar-refractivity contribution in [3.05, 3.63) is 29.8 Å². The minimum Gasteiger partial charge on any atom is -0.491 e. The highest BCUT2D eigenvalue weighted by Crippen LogP contribution is 2.46. The summed E-state index contributed by atoms with van der Waals surface area (Å²) >= 11 is 0. The van der Waals surface area contributed by atoms with Crippen LogP contribution in [-0.4, -0.2) is 18.3 Å². The van der Waals surface area contributed by atoms with E-state index in [4.69, 9.17) is 9.84 Å². The molecule has 1 N–H and O–H groups in total. The standard InChI is InChI=1S/C16H26O2/c1-6-15(2,3)16(4,5)13-9-7-8-10-14(13)18-12-11-17/h7-10,17H,6,11-12H2,1-5H3. The van der Waals surface area contributed by atoms with Gasteiger partial charge in [-0.15, -0.1) is 0 Å². The first-order valence-corrected chi connectivity index (χ1v) is 6.70. The summed E-state index contributed by atoms with van der Waals surface area (Å²) in [5.74, 6) is 0.887. The Bertz CT molecular complexity index is 380. The molecule has 0 aliphatic carbocycles. The molecule has 18 heavy (non-hydrogen) atoms. The Labute approximate surface area is 111 Å². The minimum atomic E-state index is 0.0216. The number of hydrogen-bond acceptors (Lipinski definition) is 2. The largest absolute Gasteiger partial charge is 0.491 e. The summed E-state index contributed by atoms with van der Waals surface area (Å²) in [6.07, 6.45) is 1.11. The molecule has 0 aromatic heterocycles. The molecule has 0 atom stereocenters. The van der Waals surface area contributed by atoms with Crippen LogP contribution in [-0.2, 0) is 5.41 Å². The SMILES string of the molecule is CCC(C)(C)C(C)(C)c1ccccc1OCCO. The number of rotatable bonds is 6. The normalized spacial score (nSPS) is 12.6. The van der Waals surface area contributed by atoms with Crippen molar-refractivity contribution in [1.82, 2.24) is 0 Å². The summed E-state index contributed by atoms with van der Waals surface area (Å²) in [5, 5.41) is 8.90. The van der Waals surface area contributed by atoms with Gasteiger partial charge in [0.05, 0.1) is 6.61 Å². The maximum Gasteiger partial charge on any atom is 0.123 e. The predicted molar refractivity (Wildman–Crippen MR) is 76.1 cm³/mol. The molecule has 2 nitrogen and oxygen atoms in total. The number of aliphatic hydroxyl groups is 1. The smallest absolute Gasteiger partial charge is 0.123 e. The summed E-state index contributed by atoms with van der Waals surface area (Å²) in [7, 11) is 0. The van der Waals surface area contributed by atoms with E-state index in [0.29, 0.717) is 6.61 Å². The topological polar surface area (TPSA) is 29.5 Å². The van der Waals surface area contributed by atoms with Crippen LogP contribution in [0.25, 0.3) is 0 Å².